The number of nitrogens with one attached hydrogen (secondary N) is 1. The highest BCUT2D eigenvalue weighted by atomic mass is 32.1. The lowest BCUT2D eigenvalue weighted by molar-refractivity contribution is 0.0365. The molecular weight excluding hydrogens is 454 g/mol. The summed E-state index contributed by atoms with van der Waals surface area (Å²) in [5, 5.41) is 4.43. The Balaban J connectivity index is 1.47. The van der Waals surface area contributed by atoms with E-state index in [1.54, 1.807) is 0 Å². The minimum atomic E-state index is 0.0125. The summed E-state index contributed by atoms with van der Waals surface area (Å²) < 4.78 is 7.88. The van der Waals surface area contributed by atoms with Crippen LogP contribution in [-0.4, -0.2) is 63.9 Å². The molecule has 35 heavy (non-hydrogen) atoms. The van der Waals surface area contributed by atoms with Gasteiger partial charge in [-0.3, -0.25) is 9.88 Å². The molecule has 1 N–H and O–H groups in total. The first-order chi connectivity index (χ1) is 17.0. The first-order valence-electron chi connectivity index (χ1n) is 12.6. The third-order valence-electron chi connectivity index (χ3n) is 7.22. The normalized spacial score (nSPS) is 20.9. The summed E-state index contributed by atoms with van der Waals surface area (Å²) in [6.07, 6.45) is 2.93. The Kier molecular flexibility index (Phi) is 7.18. The van der Waals surface area contributed by atoms with E-state index in [-0.39, 0.29) is 12.1 Å². The van der Waals surface area contributed by atoms with Gasteiger partial charge in [0.25, 0.3) is 0 Å². The van der Waals surface area contributed by atoms with Crippen LogP contribution in [0.2, 0.25) is 0 Å². The summed E-state index contributed by atoms with van der Waals surface area (Å²) in [5.41, 5.74) is 7.27. The summed E-state index contributed by atoms with van der Waals surface area (Å²) >= 11 is 5.90. The molecule has 6 nitrogen and oxygen atoms in total. The van der Waals surface area contributed by atoms with Crippen LogP contribution in [0.5, 0.6) is 0 Å². The zero-order chi connectivity index (χ0) is 24.4. The number of morpholine rings is 1. The van der Waals surface area contributed by atoms with Gasteiger partial charge in [-0.25, -0.2) is 0 Å². The van der Waals surface area contributed by atoms with Crippen molar-refractivity contribution in [1.82, 2.24) is 24.7 Å². The number of rotatable bonds is 7. The van der Waals surface area contributed by atoms with Crippen LogP contribution in [-0.2, 0) is 4.74 Å². The molecule has 2 aliphatic heterocycles. The van der Waals surface area contributed by atoms with Gasteiger partial charge in [0.2, 0.25) is 0 Å². The van der Waals surface area contributed by atoms with Gasteiger partial charge in [0.15, 0.2) is 5.11 Å². The zero-order valence-electron chi connectivity index (χ0n) is 20.9. The molecule has 2 atom stereocenters. The Hall–Kier alpha value is -2.74. The zero-order valence-corrected chi connectivity index (χ0v) is 21.7. The van der Waals surface area contributed by atoms with Crippen LogP contribution in [0.4, 0.5) is 0 Å². The molecule has 2 aromatic heterocycles. The largest absolute Gasteiger partial charge is 0.379 e. The number of aromatic nitrogens is 2. The van der Waals surface area contributed by atoms with Crippen LogP contribution >= 0.6 is 12.2 Å². The minimum absolute atomic E-state index is 0.0125. The number of ether oxygens (including phenoxy) is 1. The molecule has 0 unspecified atom stereocenters. The lowest BCUT2D eigenvalue weighted by Crippen LogP contribution is -2.39. The highest BCUT2D eigenvalue weighted by Crippen LogP contribution is 2.41. The number of benzene rings is 1. The van der Waals surface area contributed by atoms with E-state index < -0.39 is 0 Å². The Labute approximate surface area is 213 Å². The van der Waals surface area contributed by atoms with Gasteiger partial charge >= 0.3 is 0 Å². The molecule has 1 aromatic carbocycles. The van der Waals surface area contributed by atoms with Crippen LogP contribution in [0.25, 0.3) is 5.69 Å². The van der Waals surface area contributed by atoms with E-state index in [1.807, 2.05) is 12.3 Å². The van der Waals surface area contributed by atoms with Gasteiger partial charge in [-0.1, -0.05) is 18.2 Å². The molecule has 0 saturated carbocycles. The predicted molar refractivity (Wildman–Crippen MR) is 144 cm³/mol. The van der Waals surface area contributed by atoms with Crippen LogP contribution in [0.3, 0.4) is 0 Å². The second-order valence-electron chi connectivity index (χ2n) is 9.63. The number of hydrogen-bond acceptors (Lipinski definition) is 4. The van der Waals surface area contributed by atoms with Gasteiger partial charge in [0.05, 0.1) is 31.0 Å². The maximum atomic E-state index is 5.90. The van der Waals surface area contributed by atoms with Gasteiger partial charge in [-0.2, -0.15) is 0 Å². The topological polar surface area (TPSA) is 45.6 Å². The van der Waals surface area contributed by atoms with E-state index in [1.165, 1.54) is 28.2 Å². The quantitative estimate of drug-likeness (QED) is 0.494. The van der Waals surface area contributed by atoms with Crippen LogP contribution in [0, 0.1) is 20.8 Å². The second kappa shape index (κ2) is 10.5. The van der Waals surface area contributed by atoms with Gasteiger partial charge in [0.1, 0.15) is 0 Å². The molecular formula is C28H35N5OS. The van der Waals surface area contributed by atoms with Gasteiger partial charge in [0, 0.05) is 49.5 Å². The molecule has 184 valence electrons. The second-order valence-corrected chi connectivity index (χ2v) is 10.0. The SMILES string of the molecule is Cc1cccc(-n2c(C)cc([C@H]3[C@H](c4ccccn4)NC(=S)N3CCCN3CCOCC3)c2C)c1. The number of nitrogens with zero attached hydrogens (tertiary/aromatic N) is 4. The molecule has 0 bridgehead atoms. The van der Waals surface area contributed by atoms with E-state index >= 15 is 0 Å². The molecule has 2 aliphatic rings. The van der Waals surface area contributed by atoms with E-state index in [9.17, 15) is 0 Å². The summed E-state index contributed by atoms with van der Waals surface area (Å²) in [4.78, 5) is 9.59. The number of thiocarbonyl (C=S) groups is 1. The van der Waals surface area contributed by atoms with E-state index in [2.05, 4.69) is 82.9 Å². The van der Waals surface area contributed by atoms with Crippen molar-refractivity contribution in [2.45, 2.75) is 39.3 Å². The Morgan fingerprint density at radius 1 is 1.03 bits per heavy atom. The van der Waals surface area contributed by atoms with E-state index in [0.717, 1.165) is 56.6 Å². The van der Waals surface area contributed by atoms with Crippen LogP contribution in [0.1, 0.15) is 46.7 Å². The van der Waals surface area contributed by atoms with Gasteiger partial charge in [-0.15, -0.1) is 0 Å². The molecule has 4 heterocycles. The van der Waals surface area contributed by atoms with Gasteiger partial charge < -0.3 is 19.5 Å². The van der Waals surface area contributed by atoms with E-state index in [0.29, 0.717) is 0 Å². The highest BCUT2D eigenvalue weighted by molar-refractivity contribution is 7.80. The fourth-order valence-electron chi connectivity index (χ4n) is 5.53. The van der Waals surface area contributed by atoms with Crippen LogP contribution < -0.4 is 5.32 Å². The average Bonchev–Trinajstić information content (AvgIpc) is 3.35. The molecule has 0 radical (unpaired) electrons. The third kappa shape index (κ3) is 4.99. The molecule has 0 amide bonds. The lowest BCUT2D eigenvalue weighted by atomic mass is 9.96. The average molecular weight is 490 g/mol. The molecule has 7 heteroatoms. The molecule has 5 rings (SSSR count). The van der Waals surface area contributed by atoms with Gasteiger partial charge in [-0.05, 0) is 80.9 Å². The summed E-state index contributed by atoms with van der Waals surface area (Å²) in [6, 6.07) is 17.3. The molecule has 2 fully saturated rings. The van der Waals surface area contributed by atoms with Crippen molar-refractivity contribution in [3.8, 4) is 5.69 Å². The highest BCUT2D eigenvalue weighted by Gasteiger charge is 2.41. The number of pyridine rings is 1. The monoisotopic (exact) mass is 489 g/mol. The predicted octanol–water partition coefficient (Wildman–Crippen LogP) is 4.49. The molecule has 2 saturated heterocycles. The summed E-state index contributed by atoms with van der Waals surface area (Å²) in [7, 11) is 0. The fraction of sp³-hybridized carbons (Fsp3) is 0.429. The van der Waals surface area contributed by atoms with Crippen molar-refractivity contribution >= 4 is 17.3 Å². The molecule has 0 aliphatic carbocycles. The van der Waals surface area contributed by atoms with Crippen molar-refractivity contribution in [3.05, 3.63) is 82.9 Å². The number of aryl methyl sites for hydroxylation is 2. The van der Waals surface area contributed by atoms with Crippen molar-refractivity contribution in [3.63, 3.8) is 0 Å². The summed E-state index contributed by atoms with van der Waals surface area (Å²) in [6.45, 7) is 12.2. The van der Waals surface area contributed by atoms with Crippen LogP contribution in [0.15, 0.2) is 54.7 Å². The minimum Gasteiger partial charge on any atom is -0.379 e. The Bertz CT molecular complexity index is 1170. The smallest absolute Gasteiger partial charge is 0.170 e. The fourth-order valence-corrected chi connectivity index (χ4v) is 5.86. The Morgan fingerprint density at radius 2 is 1.86 bits per heavy atom. The first-order valence-corrected chi connectivity index (χ1v) is 13.0. The van der Waals surface area contributed by atoms with Crippen molar-refractivity contribution < 1.29 is 4.74 Å². The first kappa shape index (κ1) is 24.0. The molecule has 0 spiro atoms. The van der Waals surface area contributed by atoms with Crippen molar-refractivity contribution in [2.24, 2.45) is 0 Å². The van der Waals surface area contributed by atoms with Crippen molar-refractivity contribution in [1.29, 1.82) is 0 Å². The molecule has 3 aromatic rings. The maximum Gasteiger partial charge on any atom is 0.170 e. The lowest BCUT2D eigenvalue weighted by Gasteiger charge is -2.30. The third-order valence-corrected chi connectivity index (χ3v) is 7.58. The standard InChI is InChI=1S/C28H35N5OS/c1-20-8-6-9-23(18-20)33-21(2)19-24(22(33)3)27-26(25-10-4-5-11-29-25)30-28(35)32(27)13-7-12-31-14-16-34-17-15-31/h4-6,8-11,18-19,26-27H,7,12-17H2,1-3H3,(H,30,35)/t26-,27-/m0/s1. The van der Waals surface area contributed by atoms with E-state index in [4.69, 9.17) is 21.9 Å². The summed E-state index contributed by atoms with van der Waals surface area (Å²) in [5.74, 6) is 0. The Morgan fingerprint density at radius 3 is 2.60 bits per heavy atom. The maximum absolute atomic E-state index is 5.90. The number of hydrogen-bond donors (Lipinski definition) is 1. The van der Waals surface area contributed by atoms with Crippen molar-refractivity contribution in [2.75, 3.05) is 39.4 Å².